The third kappa shape index (κ3) is 6.66. The monoisotopic (exact) mass is 305 g/mol. The van der Waals surface area contributed by atoms with E-state index in [0.717, 1.165) is 18.6 Å². The maximum atomic E-state index is 12.8. The molecule has 1 aromatic heterocycles. The normalized spacial score (nSPS) is 13.0. The molecule has 21 heavy (non-hydrogen) atoms. The molecule has 1 aromatic rings. The lowest BCUT2D eigenvalue weighted by molar-refractivity contribution is -0.137. The van der Waals surface area contributed by atoms with Crippen LogP contribution in [0.25, 0.3) is 0 Å². The van der Waals surface area contributed by atoms with Gasteiger partial charge in [-0.2, -0.15) is 13.2 Å². The van der Waals surface area contributed by atoms with Crippen LogP contribution in [0.1, 0.15) is 38.7 Å². The van der Waals surface area contributed by atoms with Crippen molar-refractivity contribution in [2.75, 3.05) is 23.7 Å². The number of nitrogens with zero attached hydrogens (tertiary/aromatic N) is 1. The first-order chi connectivity index (χ1) is 9.82. The molecule has 7 heteroatoms. The van der Waals surface area contributed by atoms with Crippen LogP contribution in [0, 0.1) is 0 Å². The molecule has 0 aromatic carbocycles. The molecule has 1 rings (SSSR count). The molecule has 0 spiro atoms. The van der Waals surface area contributed by atoms with Crippen LogP contribution in [0.2, 0.25) is 0 Å². The summed E-state index contributed by atoms with van der Waals surface area (Å²) in [5.74, 6) is 0.402. The van der Waals surface area contributed by atoms with Crippen molar-refractivity contribution in [2.45, 2.75) is 45.4 Å². The van der Waals surface area contributed by atoms with Gasteiger partial charge in [-0.3, -0.25) is 0 Å². The van der Waals surface area contributed by atoms with Gasteiger partial charge in [0.1, 0.15) is 11.6 Å². The quantitative estimate of drug-likeness (QED) is 0.643. The van der Waals surface area contributed by atoms with Crippen LogP contribution in [0.5, 0.6) is 0 Å². The van der Waals surface area contributed by atoms with E-state index >= 15 is 0 Å². The Bertz CT molecular complexity index is 436. The molecule has 0 radical (unpaired) electrons. The summed E-state index contributed by atoms with van der Waals surface area (Å²) in [6.45, 7) is 4.63. The fourth-order valence-corrected chi connectivity index (χ4v) is 1.74. The zero-order valence-corrected chi connectivity index (χ0v) is 12.3. The van der Waals surface area contributed by atoms with Crippen LogP contribution < -0.4 is 10.6 Å². The molecule has 1 heterocycles. The van der Waals surface area contributed by atoms with Gasteiger partial charge in [-0.15, -0.1) is 0 Å². The SMILES string of the molecule is CCCNc1cc(C(F)(F)F)cc(NCCCC(C)O)n1. The smallest absolute Gasteiger partial charge is 0.393 e. The number of hydrogen-bond acceptors (Lipinski definition) is 4. The minimum Gasteiger partial charge on any atom is -0.393 e. The van der Waals surface area contributed by atoms with Crippen molar-refractivity contribution in [1.82, 2.24) is 4.98 Å². The first kappa shape index (κ1) is 17.6. The number of aliphatic hydroxyl groups is 1. The zero-order valence-electron chi connectivity index (χ0n) is 12.3. The summed E-state index contributed by atoms with van der Waals surface area (Å²) in [5.41, 5.74) is -0.728. The number of aromatic nitrogens is 1. The maximum Gasteiger partial charge on any atom is 0.416 e. The van der Waals surface area contributed by atoms with E-state index in [-0.39, 0.29) is 11.6 Å². The van der Waals surface area contributed by atoms with Gasteiger partial charge in [-0.25, -0.2) is 4.98 Å². The standard InChI is InChI=1S/C14H22F3N3O/c1-3-6-18-12-8-11(14(15,16)17)9-13(20-12)19-7-4-5-10(2)21/h8-10,21H,3-7H2,1-2H3,(H2,18,19,20). The second kappa shape index (κ2) is 8.07. The number of anilines is 2. The number of pyridine rings is 1. The first-order valence-corrected chi connectivity index (χ1v) is 7.08. The van der Waals surface area contributed by atoms with Gasteiger partial charge >= 0.3 is 6.18 Å². The molecule has 4 nitrogen and oxygen atoms in total. The highest BCUT2D eigenvalue weighted by atomic mass is 19.4. The number of aliphatic hydroxyl groups excluding tert-OH is 1. The highest BCUT2D eigenvalue weighted by molar-refractivity contribution is 5.49. The predicted molar refractivity (Wildman–Crippen MR) is 77.4 cm³/mol. The summed E-state index contributed by atoms with van der Waals surface area (Å²) in [6, 6.07) is 2.01. The zero-order chi connectivity index (χ0) is 15.9. The molecule has 0 saturated carbocycles. The highest BCUT2D eigenvalue weighted by Crippen LogP contribution is 2.32. The predicted octanol–water partition coefficient (Wildman–Crippen LogP) is 3.50. The van der Waals surface area contributed by atoms with E-state index in [0.29, 0.717) is 25.9 Å². The molecule has 0 fully saturated rings. The van der Waals surface area contributed by atoms with Crippen molar-refractivity contribution in [1.29, 1.82) is 0 Å². The lowest BCUT2D eigenvalue weighted by Gasteiger charge is -2.13. The molecule has 1 unspecified atom stereocenters. The van der Waals surface area contributed by atoms with Crippen molar-refractivity contribution >= 4 is 11.6 Å². The fourth-order valence-electron chi connectivity index (χ4n) is 1.74. The second-order valence-corrected chi connectivity index (χ2v) is 4.97. The van der Waals surface area contributed by atoms with E-state index < -0.39 is 17.8 Å². The average Bonchev–Trinajstić information content (AvgIpc) is 2.40. The van der Waals surface area contributed by atoms with Gasteiger partial charge in [0, 0.05) is 13.1 Å². The Labute approximate surface area is 122 Å². The van der Waals surface area contributed by atoms with Crippen molar-refractivity contribution < 1.29 is 18.3 Å². The van der Waals surface area contributed by atoms with E-state index in [9.17, 15) is 13.2 Å². The van der Waals surface area contributed by atoms with Gasteiger partial charge in [-0.05, 0) is 38.3 Å². The van der Waals surface area contributed by atoms with Crippen LogP contribution in [-0.4, -0.2) is 29.3 Å². The number of nitrogens with one attached hydrogen (secondary N) is 2. The molecule has 0 bridgehead atoms. The Balaban J connectivity index is 2.76. The van der Waals surface area contributed by atoms with E-state index in [1.165, 1.54) is 0 Å². The second-order valence-electron chi connectivity index (χ2n) is 4.97. The van der Waals surface area contributed by atoms with E-state index in [1.54, 1.807) is 6.92 Å². The fraction of sp³-hybridized carbons (Fsp3) is 0.643. The Morgan fingerprint density at radius 3 is 2.24 bits per heavy atom. The largest absolute Gasteiger partial charge is 0.416 e. The molecule has 0 saturated heterocycles. The summed E-state index contributed by atoms with van der Waals surface area (Å²) >= 11 is 0. The van der Waals surface area contributed by atoms with Crippen molar-refractivity contribution in [3.8, 4) is 0 Å². The Morgan fingerprint density at radius 2 is 1.76 bits per heavy atom. The molecule has 0 aliphatic rings. The van der Waals surface area contributed by atoms with Gasteiger partial charge in [0.05, 0.1) is 11.7 Å². The third-order valence-electron chi connectivity index (χ3n) is 2.81. The Kier molecular flexibility index (Phi) is 6.74. The minimum atomic E-state index is -4.40. The van der Waals surface area contributed by atoms with Crippen molar-refractivity contribution in [3.05, 3.63) is 17.7 Å². The van der Waals surface area contributed by atoms with E-state index in [2.05, 4.69) is 15.6 Å². The average molecular weight is 305 g/mol. The van der Waals surface area contributed by atoms with Gasteiger partial charge in [-0.1, -0.05) is 6.92 Å². The van der Waals surface area contributed by atoms with Gasteiger partial charge < -0.3 is 15.7 Å². The lowest BCUT2D eigenvalue weighted by atomic mass is 10.2. The van der Waals surface area contributed by atoms with Crippen molar-refractivity contribution in [3.63, 3.8) is 0 Å². The Hall–Kier alpha value is -1.50. The van der Waals surface area contributed by atoms with Gasteiger partial charge in [0.2, 0.25) is 0 Å². The van der Waals surface area contributed by atoms with Crippen LogP contribution in [-0.2, 0) is 6.18 Å². The summed E-state index contributed by atoms with van der Waals surface area (Å²) in [6.07, 6.45) is -2.76. The minimum absolute atomic E-state index is 0.189. The molecular formula is C14H22F3N3O. The molecule has 0 aliphatic heterocycles. The van der Waals surface area contributed by atoms with Gasteiger partial charge in [0.15, 0.2) is 0 Å². The topological polar surface area (TPSA) is 57.2 Å². The van der Waals surface area contributed by atoms with Gasteiger partial charge in [0.25, 0.3) is 0 Å². The van der Waals surface area contributed by atoms with E-state index in [1.807, 2.05) is 6.92 Å². The van der Waals surface area contributed by atoms with Crippen LogP contribution in [0.15, 0.2) is 12.1 Å². The van der Waals surface area contributed by atoms with Crippen LogP contribution in [0.4, 0.5) is 24.8 Å². The summed E-state index contributed by atoms with van der Waals surface area (Å²) < 4.78 is 38.5. The number of halogens is 3. The summed E-state index contributed by atoms with van der Waals surface area (Å²) in [4.78, 5) is 4.12. The number of rotatable bonds is 8. The first-order valence-electron chi connectivity index (χ1n) is 7.08. The Morgan fingerprint density at radius 1 is 1.19 bits per heavy atom. The van der Waals surface area contributed by atoms with Crippen molar-refractivity contribution in [2.24, 2.45) is 0 Å². The maximum absolute atomic E-state index is 12.8. The molecular weight excluding hydrogens is 283 g/mol. The number of alkyl halides is 3. The molecule has 1 atom stereocenters. The van der Waals surface area contributed by atoms with Crippen LogP contribution >= 0.6 is 0 Å². The lowest BCUT2D eigenvalue weighted by Crippen LogP contribution is -2.12. The molecule has 0 amide bonds. The molecule has 3 N–H and O–H groups in total. The summed E-state index contributed by atoms with van der Waals surface area (Å²) in [7, 11) is 0. The van der Waals surface area contributed by atoms with E-state index in [4.69, 9.17) is 5.11 Å². The highest BCUT2D eigenvalue weighted by Gasteiger charge is 2.31. The summed E-state index contributed by atoms with van der Waals surface area (Å²) in [5, 5.41) is 14.9. The molecule has 120 valence electrons. The number of hydrogen-bond donors (Lipinski definition) is 3. The third-order valence-corrected chi connectivity index (χ3v) is 2.81. The van der Waals surface area contributed by atoms with Crippen LogP contribution in [0.3, 0.4) is 0 Å². The molecule has 0 aliphatic carbocycles.